The monoisotopic (exact) mass is 281 g/mol. The van der Waals surface area contributed by atoms with E-state index in [0.717, 1.165) is 19.4 Å². The van der Waals surface area contributed by atoms with E-state index in [2.05, 4.69) is 17.1 Å². The first kappa shape index (κ1) is 14.2. The fourth-order valence-electron chi connectivity index (χ4n) is 2.55. The Morgan fingerprint density at radius 3 is 2.89 bits per heavy atom. The number of nitrogen functional groups attached to an aromatic ring is 1. The summed E-state index contributed by atoms with van der Waals surface area (Å²) < 4.78 is 0. The van der Waals surface area contributed by atoms with Gasteiger partial charge in [0.25, 0.3) is 0 Å². The zero-order valence-electron chi connectivity index (χ0n) is 11.3. The van der Waals surface area contributed by atoms with Crippen LogP contribution in [0.15, 0.2) is 18.2 Å². The second-order valence-corrected chi connectivity index (χ2v) is 5.54. The third kappa shape index (κ3) is 3.19. The van der Waals surface area contributed by atoms with Crippen molar-refractivity contribution in [3.8, 4) is 0 Å². The lowest BCUT2D eigenvalue weighted by atomic mass is 10.2. The number of carbonyl (C=O) groups excluding carboxylic acids is 1. The number of nitrogens with two attached hydrogens (primary N) is 1. The fourth-order valence-corrected chi connectivity index (χ4v) is 2.67. The molecule has 0 saturated carbocycles. The van der Waals surface area contributed by atoms with Gasteiger partial charge in [0.2, 0.25) is 5.91 Å². The molecule has 1 aliphatic rings. The van der Waals surface area contributed by atoms with Gasteiger partial charge in [-0.3, -0.25) is 9.69 Å². The van der Waals surface area contributed by atoms with Gasteiger partial charge in [0, 0.05) is 11.7 Å². The number of hydrogen-bond donors (Lipinski definition) is 2. The maximum Gasteiger partial charge on any atom is 0.241 e. The first-order chi connectivity index (χ1) is 8.99. The van der Waals surface area contributed by atoms with Gasteiger partial charge >= 0.3 is 0 Å². The molecule has 1 heterocycles. The second kappa shape index (κ2) is 5.80. The van der Waals surface area contributed by atoms with Crippen LogP contribution in [0.2, 0.25) is 5.02 Å². The number of carbonyl (C=O) groups is 1. The fraction of sp³-hybridized carbons (Fsp3) is 0.500. The lowest BCUT2D eigenvalue weighted by Gasteiger charge is -2.27. The number of nitrogens with zero attached hydrogens (tertiary/aromatic N) is 1. The lowest BCUT2D eigenvalue weighted by Crippen LogP contribution is -2.43. The summed E-state index contributed by atoms with van der Waals surface area (Å²) in [5.74, 6) is -0.00419. The Morgan fingerprint density at radius 1 is 1.58 bits per heavy atom. The molecular weight excluding hydrogens is 262 g/mol. The summed E-state index contributed by atoms with van der Waals surface area (Å²) in [4.78, 5) is 14.4. The van der Waals surface area contributed by atoms with Crippen molar-refractivity contribution in [3.05, 3.63) is 23.2 Å². The number of amides is 1. The minimum Gasteiger partial charge on any atom is -0.397 e. The smallest absolute Gasteiger partial charge is 0.241 e. The highest BCUT2D eigenvalue weighted by Gasteiger charge is 2.29. The molecule has 2 atom stereocenters. The van der Waals surface area contributed by atoms with Gasteiger partial charge in [-0.1, -0.05) is 11.6 Å². The van der Waals surface area contributed by atoms with E-state index in [1.165, 1.54) is 0 Å². The van der Waals surface area contributed by atoms with Crippen molar-refractivity contribution in [2.75, 3.05) is 17.6 Å². The van der Waals surface area contributed by atoms with Crippen LogP contribution in [-0.4, -0.2) is 29.4 Å². The van der Waals surface area contributed by atoms with E-state index in [1.807, 2.05) is 6.92 Å². The van der Waals surface area contributed by atoms with E-state index in [9.17, 15) is 4.79 Å². The molecule has 0 aliphatic carbocycles. The highest BCUT2D eigenvalue weighted by Crippen LogP contribution is 2.24. The predicted molar refractivity (Wildman–Crippen MR) is 79.4 cm³/mol. The molecule has 1 aliphatic heterocycles. The summed E-state index contributed by atoms with van der Waals surface area (Å²) in [6, 6.07) is 5.47. The number of benzene rings is 1. The average Bonchev–Trinajstić information content (AvgIpc) is 2.79. The summed E-state index contributed by atoms with van der Waals surface area (Å²) in [6.45, 7) is 5.09. The largest absolute Gasteiger partial charge is 0.397 e. The van der Waals surface area contributed by atoms with Crippen LogP contribution in [0.3, 0.4) is 0 Å². The Labute approximate surface area is 118 Å². The third-order valence-corrected chi connectivity index (χ3v) is 4.09. The molecule has 1 saturated heterocycles. The van der Waals surface area contributed by atoms with Crippen LogP contribution in [-0.2, 0) is 4.79 Å². The molecule has 0 bridgehead atoms. The van der Waals surface area contributed by atoms with E-state index in [0.29, 0.717) is 22.4 Å². The third-order valence-electron chi connectivity index (χ3n) is 3.74. The van der Waals surface area contributed by atoms with Gasteiger partial charge in [0.15, 0.2) is 0 Å². The molecule has 1 aromatic carbocycles. The standard InChI is InChI=1S/C14H20ClN3O/c1-9-4-3-7-18(9)10(2)14(19)17-11-5-6-12(15)13(16)8-11/h5-6,8-10H,3-4,7,16H2,1-2H3,(H,17,19). The van der Waals surface area contributed by atoms with Crippen molar-refractivity contribution >= 4 is 28.9 Å². The van der Waals surface area contributed by atoms with Gasteiger partial charge in [0.05, 0.1) is 16.8 Å². The van der Waals surface area contributed by atoms with E-state index in [-0.39, 0.29) is 11.9 Å². The molecule has 2 rings (SSSR count). The van der Waals surface area contributed by atoms with Gasteiger partial charge in [-0.2, -0.15) is 0 Å². The molecule has 104 valence electrons. The molecular formula is C14H20ClN3O. The number of rotatable bonds is 3. The Bertz CT molecular complexity index is 478. The molecule has 1 aromatic rings. The molecule has 0 aromatic heterocycles. The van der Waals surface area contributed by atoms with E-state index in [4.69, 9.17) is 17.3 Å². The number of anilines is 2. The van der Waals surface area contributed by atoms with Gasteiger partial charge in [-0.05, 0) is 51.4 Å². The molecule has 1 fully saturated rings. The molecule has 2 unspecified atom stereocenters. The summed E-state index contributed by atoms with van der Waals surface area (Å²) >= 11 is 5.86. The first-order valence-electron chi connectivity index (χ1n) is 6.60. The maximum atomic E-state index is 12.2. The second-order valence-electron chi connectivity index (χ2n) is 5.13. The normalized spacial score (nSPS) is 21.3. The van der Waals surface area contributed by atoms with Gasteiger partial charge in [-0.25, -0.2) is 0 Å². The SMILES string of the molecule is CC1CCCN1C(C)C(=O)Nc1ccc(Cl)c(N)c1. The van der Waals surface area contributed by atoms with Crippen LogP contribution >= 0.6 is 11.6 Å². The van der Waals surface area contributed by atoms with Crippen LogP contribution in [0.25, 0.3) is 0 Å². The van der Waals surface area contributed by atoms with Crippen molar-refractivity contribution in [2.24, 2.45) is 0 Å². The highest BCUT2D eigenvalue weighted by atomic mass is 35.5. The number of nitrogens with one attached hydrogen (secondary N) is 1. The maximum absolute atomic E-state index is 12.2. The van der Waals surface area contributed by atoms with E-state index >= 15 is 0 Å². The van der Waals surface area contributed by atoms with Crippen molar-refractivity contribution in [3.63, 3.8) is 0 Å². The van der Waals surface area contributed by atoms with E-state index < -0.39 is 0 Å². The number of likely N-dealkylation sites (tertiary alicyclic amines) is 1. The Balaban J connectivity index is 2.02. The molecule has 19 heavy (non-hydrogen) atoms. The van der Waals surface area contributed by atoms with Crippen molar-refractivity contribution in [1.82, 2.24) is 4.90 Å². The van der Waals surface area contributed by atoms with Gasteiger partial charge in [-0.15, -0.1) is 0 Å². The van der Waals surface area contributed by atoms with Crippen molar-refractivity contribution in [1.29, 1.82) is 0 Å². The van der Waals surface area contributed by atoms with Crippen LogP contribution < -0.4 is 11.1 Å². The molecule has 0 radical (unpaired) electrons. The molecule has 1 amide bonds. The summed E-state index contributed by atoms with van der Waals surface area (Å²) in [5.41, 5.74) is 6.88. The van der Waals surface area contributed by atoms with Gasteiger partial charge in [0.1, 0.15) is 0 Å². The predicted octanol–water partition coefficient (Wildman–Crippen LogP) is 2.73. The molecule has 3 N–H and O–H groups in total. The number of hydrogen-bond acceptors (Lipinski definition) is 3. The Hall–Kier alpha value is -1.26. The quantitative estimate of drug-likeness (QED) is 0.838. The summed E-state index contributed by atoms with van der Waals surface area (Å²) in [6.07, 6.45) is 2.32. The first-order valence-corrected chi connectivity index (χ1v) is 6.98. The topological polar surface area (TPSA) is 58.4 Å². The zero-order chi connectivity index (χ0) is 14.0. The van der Waals surface area contributed by atoms with Crippen LogP contribution in [0.1, 0.15) is 26.7 Å². The molecule has 5 heteroatoms. The highest BCUT2D eigenvalue weighted by molar-refractivity contribution is 6.33. The lowest BCUT2D eigenvalue weighted by molar-refractivity contribution is -0.121. The zero-order valence-corrected chi connectivity index (χ0v) is 12.1. The Kier molecular flexibility index (Phi) is 4.32. The average molecular weight is 282 g/mol. The van der Waals surface area contributed by atoms with Crippen LogP contribution in [0.4, 0.5) is 11.4 Å². The molecule has 0 spiro atoms. The summed E-state index contributed by atoms with van der Waals surface area (Å²) in [5, 5.41) is 3.39. The molecule has 4 nitrogen and oxygen atoms in total. The summed E-state index contributed by atoms with van der Waals surface area (Å²) in [7, 11) is 0. The van der Waals surface area contributed by atoms with E-state index in [1.54, 1.807) is 18.2 Å². The minimum atomic E-state index is -0.130. The van der Waals surface area contributed by atoms with Crippen molar-refractivity contribution < 1.29 is 4.79 Å². The van der Waals surface area contributed by atoms with Crippen LogP contribution in [0, 0.1) is 0 Å². The Morgan fingerprint density at radius 2 is 2.32 bits per heavy atom. The minimum absolute atomic E-state index is 0.00419. The number of halogens is 1. The van der Waals surface area contributed by atoms with Crippen LogP contribution in [0.5, 0.6) is 0 Å². The van der Waals surface area contributed by atoms with Crippen molar-refractivity contribution in [2.45, 2.75) is 38.8 Å². The van der Waals surface area contributed by atoms with Gasteiger partial charge < -0.3 is 11.1 Å².